The number of carbonyl (C=O) groups excluding carboxylic acids is 2. The molecule has 6 heteroatoms. The zero-order chi connectivity index (χ0) is 18.5. The van der Waals surface area contributed by atoms with Crippen LogP contribution in [0.25, 0.3) is 17.3 Å². The van der Waals surface area contributed by atoms with Gasteiger partial charge >= 0.3 is 5.97 Å². The molecule has 0 spiro atoms. The van der Waals surface area contributed by atoms with Crippen molar-refractivity contribution < 1.29 is 18.8 Å². The van der Waals surface area contributed by atoms with Gasteiger partial charge in [0.1, 0.15) is 11.5 Å². The Bertz CT molecular complexity index is 974. The lowest BCUT2D eigenvalue weighted by Gasteiger charge is -2.02. The summed E-state index contributed by atoms with van der Waals surface area (Å²) in [6.07, 6.45) is 4.39. The van der Waals surface area contributed by atoms with Crippen LogP contribution in [0, 0.1) is 6.92 Å². The minimum atomic E-state index is -0.566. The van der Waals surface area contributed by atoms with E-state index in [1.54, 1.807) is 19.1 Å². The molecule has 0 aliphatic heterocycles. The zero-order valence-corrected chi connectivity index (χ0v) is 14.3. The number of pyridine rings is 1. The standard InChI is InChI=1S/C20H16N2O4/c1-13-17(18(22-26-13)14-7-4-3-5-8-14)16(23)11-10-15-9-6-12-21-19(15)20(24)25-2/h3-12H,1-2H3/b11-10+. The van der Waals surface area contributed by atoms with E-state index in [0.29, 0.717) is 22.6 Å². The summed E-state index contributed by atoms with van der Waals surface area (Å²) < 4.78 is 9.92. The summed E-state index contributed by atoms with van der Waals surface area (Å²) in [5.41, 5.74) is 2.29. The van der Waals surface area contributed by atoms with E-state index in [4.69, 9.17) is 9.26 Å². The molecule has 0 aliphatic carbocycles. The predicted molar refractivity (Wildman–Crippen MR) is 95.6 cm³/mol. The molecule has 0 radical (unpaired) electrons. The number of benzene rings is 1. The molecule has 3 rings (SSSR count). The molecule has 6 nitrogen and oxygen atoms in total. The number of rotatable bonds is 5. The highest BCUT2D eigenvalue weighted by atomic mass is 16.5. The number of methoxy groups -OCH3 is 1. The smallest absolute Gasteiger partial charge is 0.357 e. The number of allylic oxidation sites excluding steroid dienone is 1. The third-order valence-corrected chi connectivity index (χ3v) is 3.79. The molecule has 0 bridgehead atoms. The maximum Gasteiger partial charge on any atom is 0.357 e. The number of ketones is 1. The van der Waals surface area contributed by atoms with Gasteiger partial charge in [0.25, 0.3) is 0 Å². The summed E-state index contributed by atoms with van der Waals surface area (Å²) in [7, 11) is 1.28. The Morgan fingerprint density at radius 3 is 2.62 bits per heavy atom. The largest absolute Gasteiger partial charge is 0.464 e. The van der Waals surface area contributed by atoms with Crippen LogP contribution >= 0.6 is 0 Å². The SMILES string of the molecule is COC(=O)c1ncccc1/C=C/C(=O)c1c(-c2ccccc2)noc1C. The number of hydrogen-bond donors (Lipinski definition) is 0. The van der Waals surface area contributed by atoms with Crippen molar-refractivity contribution in [2.75, 3.05) is 7.11 Å². The van der Waals surface area contributed by atoms with Crippen molar-refractivity contribution in [3.63, 3.8) is 0 Å². The lowest BCUT2D eigenvalue weighted by Crippen LogP contribution is -2.06. The number of aryl methyl sites for hydroxylation is 1. The van der Waals surface area contributed by atoms with Crippen LogP contribution in [-0.4, -0.2) is 29.0 Å². The molecule has 2 heterocycles. The molecule has 2 aromatic heterocycles. The van der Waals surface area contributed by atoms with Gasteiger partial charge in [-0.15, -0.1) is 0 Å². The fraction of sp³-hybridized carbons (Fsp3) is 0.100. The predicted octanol–water partition coefficient (Wildman–Crippen LogP) is 3.73. The summed E-state index contributed by atoms with van der Waals surface area (Å²) in [6.45, 7) is 1.68. The van der Waals surface area contributed by atoms with Crippen molar-refractivity contribution in [3.8, 4) is 11.3 Å². The lowest BCUT2D eigenvalue weighted by molar-refractivity contribution is 0.0593. The number of aromatic nitrogens is 2. The zero-order valence-electron chi connectivity index (χ0n) is 14.3. The lowest BCUT2D eigenvalue weighted by atomic mass is 10.0. The topological polar surface area (TPSA) is 82.3 Å². The van der Waals surface area contributed by atoms with Crippen molar-refractivity contribution in [2.45, 2.75) is 6.92 Å². The average molecular weight is 348 g/mol. The summed E-state index contributed by atoms with van der Waals surface area (Å²) in [6, 6.07) is 12.7. The van der Waals surface area contributed by atoms with Gasteiger partial charge in [-0.3, -0.25) is 4.79 Å². The van der Waals surface area contributed by atoms with Gasteiger partial charge in [0.05, 0.1) is 12.7 Å². The minimum Gasteiger partial charge on any atom is -0.464 e. The van der Waals surface area contributed by atoms with Crippen LogP contribution in [0.1, 0.15) is 32.2 Å². The molecule has 0 amide bonds. The Labute approximate surface area is 150 Å². The Hall–Kier alpha value is -3.54. The summed E-state index contributed by atoms with van der Waals surface area (Å²) in [5.74, 6) is -0.413. The highest BCUT2D eigenvalue weighted by Gasteiger charge is 2.20. The van der Waals surface area contributed by atoms with Crippen molar-refractivity contribution in [2.24, 2.45) is 0 Å². The molecular weight excluding hydrogens is 332 g/mol. The molecule has 3 aromatic rings. The third-order valence-electron chi connectivity index (χ3n) is 3.79. The van der Waals surface area contributed by atoms with Crippen LogP contribution in [0.15, 0.2) is 59.3 Å². The number of carbonyl (C=O) groups is 2. The van der Waals surface area contributed by atoms with Crippen LogP contribution in [0.2, 0.25) is 0 Å². The molecule has 0 unspecified atom stereocenters. The minimum absolute atomic E-state index is 0.143. The van der Waals surface area contributed by atoms with Gasteiger partial charge in [0, 0.05) is 17.3 Å². The van der Waals surface area contributed by atoms with Crippen molar-refractivity contribution in [1.82, 2.24) is 10.1 Å². The van der Waals surface area contributed by atoms with Crippen molar-refractivity contribution in [3.05, 3.63) is 77.3 Å². The van der Waals surface area contributed by atoms with Crippen molar-refractivity contribution in [1.29, 1.82) is 0 Å². The number of hydrogen-bond acceptors (Lipinski definition) is 6. The Morgan fingerprint density at radius 2 is 1.88 bits per heavy atom. The van der Waals surface area contributed by atoms with Gasteiger partial charge in [0.15, 0.2) is 11.5 Å². The van der Waals surface area contributed by atoms with E-state index in [-0.39, 0.29) is 11.5 Å². The molecule has 0 atom stereocenters. The van der Waals surface area contributed by atoms with E-state index in [0.717, 1.165) is 5.56 Å². The molecule has 0 aliphatic rings. The third kappa shape index (κ3) is 3.44. The molecule has 0 saturated carbocycles. The van der Waals surface area contributed by atoms with E-state index in [1.807, 2.05) is 30.3 Å². The molecule has 130 valence electrons. The molecule has 0 N–H and O–H groups in total. The van der Waals surface area contributed by atoms with Gasteiger partial charge in [-0.05, 0) is 25.1 Å². The Balaban J connectivity index is 1.94. The fourth-order valence-corrected chi connectivity index (χ4v) is 2.52. The van der Waals surface area contributed by atoms with Gasteiger partial charge in [-0.1, -0.05) is 41.6 Å². The number of esters is 1. The van der Waals surface area contributed by atoms with E-state index in [1.165, 1.54) is 25.5 Å². The maximum absolute atomic E-state index is 12.7. The quantitative estimate of drug-likeness (QED) is 0.397. The summed E-state index contributed by atoms with van der Waals surface area (Å²) >= 11 is 0. The van der Waals surface area contributed by atoms with Crippen LogP contribution in [-0.2, 0) is 4.74 Å². The van der Waals surface area contributed by atoms with Crippen LogP contribution in [0.5, 0.6) is 0 Å². The Kier molecular flexibility index (Phi) is 5.03. The second kappa shape index (κ2) is 7.57. The van der Waals surface area contributed by atoms with E-state index in [2.05, 4.69) is 10.1 Å². The maximum atomic E-state index is 12.7. The highest BCUT2D eigenvalue weighted by Crippen LogP contribution is 2.26. The summed E-state index contributed by atoms with van der Waals surface area (Å²) in [4.78, 5) is 28.5. The van der Waals surface area contributed by atoms with Crippen LogP contribution < -0.4 is 0 Å². The van der Waals surface area contributed by atoms with Crippen LogP contribution in [0.4, 0.5) is 0 Å². The van der Waals surface area contributed by atoms with E-state index in [9.17, 15) is 9.59 Å². The van der Waals surface area contributed by atoms with Gasteiger partial charge < -0.3 is 9.26 Å². The first-order valence-corrected chi connectivity index (χ1v) is 7.89. The number of nitrogens with zero attached hydrogens (tertiary/aromatic N) is 2. The normalized spacial score (nSPS) is 10.8. The molecular formula is C20H16N2O4. The van der Waals surface area contributed by atoms with Crippen molar-refractivity contribution >= 4 is 17.8 Å². The Morgan fingerprint density at radius 1 is 1.12 bits per heavy atom. The highest BCUT2D eigenvalue weighted by molar-refractivity contribution is 6.11. The first-order chi connectivity index (χ1) is 12.6. The van der Waals surface area contributed by atoms with Gasteiger partial charge in [-0.25, -0.2) is 9.78 Å². The van der Waals surface area contributed by atoms with Crippen LogP contribution in [0.3, 0.4) is 0 Å². The fourth-order valence-electron chi connectivity index (χ4n) is 2.52. The van der Waals surface area contributed by atoms with Gasteiger partial charge in [-0.2, -0.15) is 0 Å². The van der Waals surface area contributed by atoms with Gasteiger partial charge in [0.2, 0.25) is 0 Å². The molecule has 1 aromatic carbocycles. The monoisotopic (exact) mass is 348 g/mol. The summed E-state index contributed by atoms with van der Waals surface area (Å²) in [5, 5.41) is 4.00. The number of ether oxygens (including phenoxy) is 1. The van der Waals surface area contributed by atoms with E-state index >= 15 is 0 Å². The second-order valence-corrected chi connectivity index (χ2v) is 5.46. The molecule has 0 saturated heterocycles. The van der Waals surface area contributed by atoms with E-state index < -0.39 is 5.97 Å². The first-order valence-electron chi connectivity index (χ1n) is 7.89. The molecule has 0 fully saturated rings. The second-order valence-electron chi connectivity index (χ2n) is 5.46. The first kappa shape index (κ1) is 17.3. The molecule has 26 heavy (non-hydrogen) atoms. The average Bonchev–Trinajstić information content (AvgIpc) is 3.08.